The van der Waals surface area contributed by atoms with Gasteiger partial charge >= 0.3 is 11.9 Å². The summed E-state index contributed by atoms with van der Waals surface area (Å²) in [5.41, 5.74) is 0. The van der Waals surface area contributed by atoms with E-state index >= 15 is 0 Å². The van der Waals surface area contributed by atoms with Crippen LogP contribution in [0.25, 0.3) is 0 Å². The molecule has 0 amide bonds. The number of unbranched alkanes of at least 4 members (excludes halogenated alkanes) is 21. The van der Waals surface area contributed by atoms with E-state index < -0.39 is 6.10 Å². The van der Waals surface area contributed by atoms with Crippen molar-refractivity contribution in [2.75, 3.05) is 19.8 Å². The van der Waals surface area contributed by atoms with Gasteiger partial charge in [-0.05, 0) is 96.3 Å². The number of rotatable bonds is 48. The monoisotopic (exact) mass is 889 g/mol. The second kappa shape index (κ2) is 54.2. The van der Waals surface area contributed by atoms with Gasteiger partial charge in [0.2, 0.25) is 0 Å². The molecule has 0 aliphatic carbocycles. The first kappa shape index (κ1) is 60.8. The summed E-state index contributed by atoms with van der Waals surface area (Å²) < 4.78 is 17.4. The van der Waals surface area contributed by atoms with Gasteiger partial charge < -0.3 is 14.2 Å². The third-order valence-electron chi connectivity index (χ3n) is 11.1. The molecule has 0 aliphatic rings. The van der Waals surface area contributed by atoms with Crippen LogP contribution in [-0.4, -0.2) is 37.9 Å². The van der Waals surface area contributed by atoms with Gasteiger partial charge in [0.25, 0.3) is 0 Å². The Bertz CT molecular complexity index is 1230. The average molecular weight is 889 g/mol. The number of hydrogen-bond donors (Lipinski definition) is 0. The van der Waals surface area contributed by atoms with Crippen LogP contribution >= 0.6 is 0 Å². The van der Waals surface area contributed by atoms with Crippen LogP contribution in [0.2, 0.25) is 0 Å². The number of allylic oxidation sites excluding steroid dienone is 16. The molecule has 0 N–H and O–H groups in total. The zero-order chi connectivity index (χ0) is 46.3. The van der Waals surface area contributed by atoms with Crippen molar-refractivity contribution in [3.63, 3.8) is 0 Å². The molecule has 0 spiro atoms. The number of ether oxygens (including phenoxy) is 3. The third kappa shape index (κ3) is 51.5. The average Bonchev–Trinajstić information content (AvgIpc) is 3.30. The molecular weight excluding hydrogens is 789 g/mol. The van der Waals surface area contributed by atoms with Crippen molar-refractivity contribution in [2.24, 2.45) is 0 Å². The maximum absolute atomic E-state index is 12.8. The standard InChI is InChI=1S/C59H100O5/c1-4-7-10-13-16-19-22-24-26-28-29-30-32-34-36-39-42-45-48-51-54-62-55-57(64-59(61)53-50-47-44-41-37-21-18-15-12-9-6-3)56-63-58(60)52-49-46-43-40-38-35-33-31-27-25-23-20-17-14-11-8-5-2/h8,11,16-17,19-20,24-27,29-30,33,35,40,43,57H,4-7,9-10,12-15,18,21-23,28,31-32,34,36-39,41-42,44-56H2,1-3H3/b11-8-,19-16-,20-17-,26-24-,27-25-,30-29-,35-33-,43-40-. The molecule has 1 atom stereocenters. The molecule has 0 bridgehead atoms. The number of esters is 2. The Morgan fingerprint density at radius 2 is 0.719 bits per heavy atom. The summed E-state index contributed by atoms with van der Waals surface area (Å²) in [6, 6.07) is 0. The lowest BCUT2D eigenvalue weighted by Gasteiger charge is -2.18. The molecule has 0 radical (unpaired) electrons. The summed E-state index contributed by atoms with van der Waals surface area (Å²) in [5.74, 6) is -0.471. The van der Waals surface area contributed by atoms with Gasteiger partial charge in [-0.1, -0.05) is 227 Å². The van der Waals surface area contributed by atoms with Crippen LogP contribution in [0.1, 0.15) is 239 Å². The minimum Gasteiger partial charge on any atom is -0.462 e. The zero-order valence-corrected chi connectivity index (χ0v) is 42.0. The highest BCUT2D eigenvalue weighted by Gasteiger charge is 2.17. The fourth-order valence-corrected chi connectivity index (χ4v) is 7.14. The van der Waals surface area contributed by atoms with E-state index in [1.165, 1.54) is 122 Å². The maximum atomic E-state index is 12.8. The van der Waals surface area contributed by atoms with Gasteiger partial charge in [0, 0.05) is 19.4 Å². The Hall–Kier alpha value is -3.18. The minimum absolute atomic E-state index is 0.0488. The fraction of sp³-hybridized carbons (Fsp3) is 0.695. The second-order valence-corrected chi connectivity index (χ2v) is 17.4. The van der Waals surface area contributed by atoms with Gasteiger partial charge in [-0.3, -0.25) is 9.59 Å². The highest BCUT2D eigenvalue weighted by atomic mass is 16.6. The first-order valence-electron chi connectivity index (χ1n) is 26.8. The third-order valence-corrected chi connectivity index (χ3v) is 11.1. The molecule has 0 aromatic rings. The number of carbonyl (C=O) groups excluding carboxylic acids is 2. The molecule has 1 unspecified atom stereocenters. The van der Waals surface area contributed by atoms with Gasteiger partial charge in [-0.25, -0.2) is 0 Å². The Labute approximate surface area is 396 Å². The van der Waals surface area contributed by atoms with Crippen LogP contribution < -0.4 is 0 Å². The number of carbonyl (C=O) groups is 2. The van der Waals surface area contributed by atoms with Crippen LogP contribution in [0.3, 0.4) is 0 Å². The number of hydrogen-bond acceptors (Lipinski definition) is 5. The van der Waals surface area contributed by atoms with Crippen LogP contribution in [0.15, 0.2) is 97.2 Å². The predicted molar refractivity (Wildman–Crippen MR) is 279 cm³/mol. The van der Waals surface area contributed by atoms with Crippen LogP contribution in [0.4, 0.5) is 0 Å². The van der Waals surface area contributed by atoms with Crippen molar-refractivity contribution in [1.29, 1.82) is 0 Å². The second-order valence-electron chi connectivity index (χ2n) is 17.4. The molecule has 5 heteroatoms. The van der Waals surface area contributed by atoms with Crippen molar-refractivity contribution in [3.8, 4) is 0 Å². The minimum atomic E-state index is -0.567. The molecule has 5 nitrogen and oxygen atoms in total. The lowest BCUT2D eigenvalue weighted by molar-refractivity contribution is -0.163. The summed E-state index contributed by atoms with van der Waals surface area (Å²) in [6.07, 6.45) is 72.8. The Kier molecular flexibility index (Phi) is 51.5. The summed E-state index contributed by atoms with van der Waals surface area (Å²) in [4.78, 5) is 25.4. The lowest BCUT2D eigenvalue weighted by Crippen LogP contribution is -2.30. The van der Waals surface area contributed by atoms with Crippen LogP contribution in [0.5, 0.6) is 0 Å². The predicted octanol–water partition coefficient (Wildman–Crippen LogP) is 18.2. The molecular formula is C59H100O5. The quantitative estimate of drug-likeness (QED) is 0.0346. The summed E-state index contributed by atoms with van der Waals surface area (Å²) in [6.45, 7) is 7.60. The Balaban J connectivity index is 4.34. The van der Waals surface area contributed by atoms with E-state index in [9.17, 15) is 9.59 Å². The Morgan fingerprint density at radius 3 is 1.20 bits per heavy atom. The molecule has 0 aliphatic heterocycles. The summed E-state index contributed by atoms with van der Waals surface area (Å²) in [5, 5.41) is 0. The summed E-state index contributed by atoms with van der Waals surface area (Å²) >= 11 is 0. The van der Waals surface area contributed by atoms with Gasteiger partial charge in [-0.15, -0.1) is 0 Å². The topological polar surface area (TPSA) is 61.8 Å². The molecule has 0 rings (SSSR count). The summed E-state index contributed by atoms with van der Waals surface area (Å²) in [7, 11) is 0. The van der Waals surface area contributed by atoms with Crippen molar-refractivity contribution < 1.29 is 23.8 Å². The van der Waals surface area contributed by atoms with E-state index in [1.807, 2.05) is 0 Å². The van der Waals surface area contributed by atoms with E-state index in [0.29, 0.717) is 19.4 Å². The van der Waals surface area contributed by atoms with Gasteiger partial charge in [0.15, 0.2) is 6.10 Å². The molecule has 0 fully saturated rings. The molecule has 0 saturated carbocycles. The largest absolute Gasteiger partial charge is 0.462 e. The smallest absolute Gasteiger partial charge is 0.306 e. The highest BCUT2D eigenvalue weighted by molar-refractivity contribution is 5.70. The SMILES string of the molecule is CC/C=C\C/C=C\C/C=C\C/C=C\C/C=C\CCCC(=O)OCC(COCCCCCCCCC/C=C\C/C=C\C/C=C\CCCCC)OC(=O)CCCCCCCCCCCCC. The molecule has 64 heavy (non-hydrogen) atoms. The molecule has 0 saturated heterocycles. The molecule has 0 heterocycles. The fourth-order valence-electron chi connectivity index (χ4n) is 7.14. The van der Waals surface area contributed by atoms with Crippen molar-refractivity contribution in [3.05, 3.63) is 97.2 Å². The molecule has 366 valence electrons. The zero-order valence-electron chi connectivity index (χ0n) is 42.0. The highest BCUT2D eigenvalue weighted by Crippen LogP contribution is 2.14. The van der Waals surface area contributed by atoms with Crippen LogP contribution in [0, 0.1) is 0 Å². The Morgan fingerprint density at radius 1 is 0.359 bits per heavy atom. The normalized spacial score (nSPS) is 13.0. The molecule has 0 aromatic heterocycles. The van der Waals surface area contributed by atoms with E-state index in [4.69, 9.17) is 14.2 Å². The van der Waals surface area contributed by atoms with Gasteiger partial charge in [0.1, 0.15) is 6.61 Å². The van der Waals surface area contributed by atoms with Crippen LogP contribution in [-0.2, 0) is 23.8 Å². The van der Waals surface area contributed by atoms with E-state index in [1.54, 1.807) is 0 Å². The van der Waals surface area contributed by atoms with Crippen molar-refractivity contribution in [2.45, 2.75) is 245 Å². The lowest BCUT2D eigenvalue weighted by atomic mass is 10.1. The first-order chi connectivity index (χ1) is 31.6. The van der Waals surface area contributed by atoms with Crippen molar-refractivity contribution >= 4 is 11.9 Å². The van der Waals surface area contributed by atoms with Gasteiger partial charge in [-0.2, -0.15) is 0 Å². The van der Waals surface area contributed by atoms with E-state index in [2.05, 4.69) is 118 Å². The van der Waals surface area contributed by atoms with Gasteiger partial charge in [0.05, 0.1) is 6.61 Å². The first-order valence-corrected chi connectivity index (χ1v) is 26.8. The van der Waals surface area contributed by atoms with Crippen molar-refractivity contribution in [1.82, 2.24) is 0 Å². The maximum Gasteiger partial charge on any atom is 0.306 e. The van der Waals surface area contributed by atoms with E-state index in [0.717, 1.165) is 83.5 Å². The molecule has 0 aromatic carbocycles. The van der Waals surface area contributed by atoms with E-state index in [-0.39, 0.29) is 25.2 Å².